The molecule has 1 rings (SSSR count). The van der Waals surface area contributed by atoms with Gasteiger partial charge in [0.15, 0.2) is 0 Å². The highest BCUT2D eigenvalue weighted by atomic mass is 33.1. The minimum atomic E-state index is -5.08. The monoisotopic (exact) mass is 495 g/mol. The zero-order valence-corrected chi connectivity index (χ0v) is 17.4. The van der Waals surface area contributed by atoms with Gasteiger partial charge in [-0.05, 0) is 24.1 Å². The first-order chi connectivity index (χ1) is 14.2. The van der Waals surface area contributed by atoms with Gasteiger partial charge in [0.2, 0.25) is 0 Å². The number of carbonyl (C=O) groups excluding carboxylic acids is 1. The first-order valence-electron chi connectivity index (χ1n) is 8.42. The summed E-state index contributed by atoms with van der Waals surface area (Å²) in [6.45, 7) is 0.430. The Morgan fingerprint density at radius 3 is 1.87 bits per heavy atom. The van der Waals surface area contributed by atoms with Crippen molar-refractivity contribution in [3.8, 4) is 0 Å². The summed E-state index contributed by atoms with van der Waals surface area (Å²) < 4.78 is 68.2. The van der Waals surface area contributed by atoms with Crippen LogP contribution in [0.5, 0.6) is 0 Å². The molecule has 0 aromatic heterocycles. The minimum absolute atomic E-state index is 0.102. The molecule has 0 heterocycles. The van der Waals surface area contributed by atoms with E-state index in [4.69, 9.17) is 15.0 Å². The Hall–Kier alpha value is -2.09. The average Bonchev–Trinajstić information content (AvgIpc) is 2.64. The van der Waals surface area contributed by atoms with Crippen molar-refractivity contribution in [2.75, 3.05) is 18.1 Å². The van der Waals surface area contributed by atoms with E-state index >= 15 is 0 Å². The fourth-order valence-electron chi connectivity index (χ4n) is 1.66. The predicted octanol–water partition coefficient (Wildman–Crippen LogP) is 4.40. The number of hydrogen-bond donors (Lipinski definition) is 3. The number of carbonyl (C=O) groups is 3. The Kier molecular flexibility index (Phi) is 13.1. The Bertz CT molecular complexity index is 710. The van der Waals surface area contributed by atoms with Crippen LogP contribution in [0.4, 0.5) is 26.3 Å². The number of halogens is 6. The molecule has 0 saturated carbocycles. The lowest BCUT2D eigenvalue weighted by Gasteiger charge is -2.08. The Morgan fingerprint density at radius 2 is 1.42 bits per heavy atom. The van der Waals surface area contributed by atoms with Gasteiger partial charge < -0.3 is 15.5 Å². The lowest BCUT2D eigenvalue weighted by molar-refractivity contribution is -0.192. The molecule has 31 heavy (non-hydrogen) atoms. The number of nitrogens with one attached hydrogen (secondary N) is 1. The summed E-state index contributed by atoms with van der Waals surface area (Å²) in [5, 5.41) is 18.3. The molecule has 0 atom stereocenters. The molecule has 1 aromatic rings. The number of benzene rings is 1. The Balaban J connectivity index is 0.00000110. The van der Waals surface area contributed by atoms with Crippen LogP contribution in [0.3, 0.4) is 0 Å². The molecular formula is C17H19F6NO5S2. The number of amides is 1. The molecule has 3 N–H and O–H groups in total. The van der Waals surface area contributed by atoms with Crippen molar-refractivity contribution in [2.45, 2.75) is 31.6 Å². The third kappa shape index (κ3) is 16.3. The normalized spacial score (nSPS) is 11.3. The Labute approximate surface area is 181 Å². The zero-order chi connectivity index (χ0) is 24.1. The van der Waals surface area contributed by atoms with Gasteiger partial charge >= 0.3 is 24.3 Å². The van der Waals surface area contributed by atoms with E-state index in [0.717, 1.165) is 0 Å². The van der Waals surface area contributed by atoms with Gasteiger partial charge in [-0.2, -0.15) is 26.3 Å². The van der Waals surface area contributed by atoms with E-state index in [-0.39, 0.29) is 18.7 Å². The molecule has 0 radical (unpaired) electrons. The first-order valence-corrected chi connectivity index (χ1v) is 10.9. The molecule has 0 aliphatic rings. The fraction of sp³-hybridized carbons (Fsp3) is 0.471. The van der Waals surface area contributed by atoms with Crippen LogP contribution in [-0.2, 0) is 16.0 Å². The minimum Gasteiger partial charge on any atom is -0.481 e. The fourth-order valence-corrected chi connectivity index (χ4v) is 3.55. The summed E-state index contributed by atoms with van der Waals surface area (Å²) in [5.74, 6) is -2.73. The molecule has 14 heteroatoms. The molecule has 0 saturated heterocycles. The second kappa shape index (κ2) is 14.1. The first kappa shape index (κ1) is 28.9. The lowest BCUT2D eigenvalue weighted by atomic mass is 10.1. The van der Waals surface area contributed by atoms with Crippen LogP contribution >= 0.6 is 21.6 Å². The molecule has 1 aromatic carbocycles. The largest absolute Gasteiger partial charge is 0.490 e. The third-order valence-electron chi connectivity index (χ3n) is 3.11. The van der Waals surface area contributed by atoms with Gasteiger partial charge in [0.1, 0.15) is 0 Å². The summed E-state index contributed by atoms with van der Waals surface area (Å²) in [6, 6.07) is 6.07. The molecule has 0 aliphatic carbocycles. The highest BCUT2D eigenvalue weighted by Gasteiger charge is 2.38. The summed E-state index contributed by atoms with van der Waals surface area (Å²) in [4.78, 5) is 31.1. The van der Waals surface area contributed by atoms with E-state index in [1.54, 1.807) is 0 Å². The van der Waals surface area contributed by atoms with Crippen LogP contribution in [0, 0.1) is 0 Å². The van der Waals surface area contributed by atoms with Crippen LogP contribution in [0.15, 0.2) is 24.3 Å². The van der Waals surface area contributed by atoms with Crippen molar-refractivity contribution in [1.82, 2.24) is 5.32 Å². The van der Waals surface area contributed by atoms with Crippen molar-refractivity contribution in [1.29, 1.82) is 0 Å². The van der Waals surface area contributed by atoms with E-state index in [0.29, 0.717) is 29.2 Å². The van der Waals surface area contributed by atoms with Crippen LogP contribution in [0.1, 0.15) is 28.8 Å². The van der Waals surface area contributed by atoms with E-state index in [1.807, 2.05) is 0 Å². The van der Waals surface area contributed by atoms with Gasteiger partial charge in [-0.25, -0.2) is 4.79 Å². The summed E-state index contributed by atoms with van der Waals surface area (Å²) in [7, 11) is 2.91. The van der Waals surface area contributed by atoms with Crippen LogP contribution in [0.2, 0.25) is 0 Å². The number of aryl methyl sites for hydroxylation is 1. The number of carboxylic acids is 2. The summed E-state index contributed by atoms with van der Waals surface area (Å²) >= 11 is 0. The van der Waals surface area contributed by atoms with Gasteiger partial charge in [-0.15, -0.1) is 0 Å². The van der Waals surface area contributed by atoms with Crippen molar-refractivity contribution in [2.24, 2.45) is 0 Å². The third-order valence-corrected chi connectivity index (χ3v) is 5.52. The van der Waals surface area contributed by atoms with E-state index in [2.05, 4.69) is 5.32 Å². The van der Waals surface area contributed by atoms with Gasteiger partial charge in [0, 0.05) is 30.0 Å². The number of carboxylic acid groups (broad SMARTS) is 2. The van der Waals surface area contributed by atoms with Crippen LogP contribution in [-0.4, -0.2) is 58.5 Å². The summed E-state index contributed by atoms with van der Waals surface area (Å²) in [5.41, 5.74) is 0.934. The molecule has 0 fully saturated rings. The quantitative estimate of drug-likeness (QED) is 0.251. The van der Waals surface area contributed by atoms with Crippen LogP contribution in [0.25, 0.3) is 0 Å². The molecule has 6 nitrogen and oxygen atoms in total. The van der Waals surface area contributed by atoms with E-state index < -0.39 is 30.7 Å². The highest BCUT2D eigenvalue weighted by molar-refractivity contribution is 8.76. The molecule has 1 amide bonds. The number of rotatable bonds is 10. The van der Waals surface area contributed by atoms with Crippen LogP contribution < -0.4 is 5.32 Å². The standard InChI is InChI=1S/C15H18F3NO3S2.C2HF3O2/c16-15(17,18)7-5-11-1-3-12(4-2-11)14(22)19-8-10-24-23-9-6-13(20)21;3-2(4,5)1(6)7/h1-4H,5-10H2,(H,19,22)(H,20,21);(H,6,7). The van der Waals surface area contributed by atoms with Gasteiger partial charge in [0.25, 0.3) is 5.91 Å². The highest BCUT2D eigenvalue weighted by Crippen LogP contribution is 2.22. The van der Waals surface area contributed by atoms with E-state index in [1.165, 1.54) is 45.9 Å². The number of alkyl halides is 6. The van der Waals surface area contributed by atoms with Crippen molar-refractivity contribution < 1.29 is 50.9 Å². The molecule has 0 spiro atoms. The molecule has 0 unspecified atom stereocenters. The average molecular weight is 495 g/mol. The van der Waals surface area contributed by atoms with Gasteiger partial charge in [-0.3, -0.25) is 9.59 Å². The number of hydrogen-bond acceptors (Lipinski definition) is 5. The van der Waals surface area contributed by atoms with Crippen molar-refractivity contribution in [3.05, 3.63) is 35.4 Å². The maximum absolute atomic E-state index is 12.1. The van der Waals surface area contributed by atoms with Crippen molar-refractivity contribution in [3.63, 3.8) is 0 Å². The maximum atomic E-state index is 12.1. The maximum Gasteiger partial charge on any atom is 0.490 e. The van der Waals surface area contributed by atoms with Crippen molar-refractivity contribution >= 4 is 39.4 Å². The lowest BCUT2D eigenvalue weighted by Crippen LogP contribution is -2.25. The second-order valence-electron chi connectivity index (χ2n) is 5.66. The molecule has 0 aliphatic heterocycles. The smallest absolute Gasteiger partial charge is 0.481 e. The number of aliphatic carboxylic acids is 2. The van der Waals surface area contributed by atoms with E-state index in [9.17, 15) is 35.9 Å². The topological polar surface area (TPSA) is 104 Å². The predicted molar refractivity (Wildman–Crippen MR) is 104 cm³/mol. The summed E-state index contributed by atoms with van der Waals surface area (Å²) in [6.07, 6.45) is -10.1. The molecule has 0 bridgehead atoms. The Morgan fingerprint density at radius 1 is 0.903 bits per heavy atom. The van der Waals surface area contributed by atoms with Gasteiger partial charge in [0.05, 0.1) is 6.42 Å². The van der Waals surface area contributed by atoms with Gasteiger partial charge in [-0.1, -0.05) is 33.7 Å². The molecule has 176 valence electrons. The second-order valence-corrected chi connectivity index (χ2v) is 8.36. The molecular weight excluding hydrogens is 476 g/mol. The SMILES string of the molecule is O=C(O)C(F)(F)F.O=C(O)CCSSCCNC(=O)c1ccc(CCC(F)(F)F)cc1. The zero-order valence-electron chi connectivity index (χ0n) is 15.8.